The fourth-order valence-electron chi connectivity index (χ4n) is 2.55. The molecule has 0 aliphatic carbocycles. The number of nitrogens with zero attached hydrogens (tertiary/aromatic N) is 1. The third kappa shape index (κ3) is 5.14. The van der Waals surface area contributed by atoms with Gasteiger partial charge in [-0.2, -0.15) is 4.31 Å². The first-order valence-electron chi connectivity index (χ1n) is 7.95. The summed E-state index contributed by atoms with van der Waals surface area (Å²) in [5.41, 5.74) is 0.939. The molecule has 0 fully saturated rings. The van der Waals surface area contributed by atoms with Crippen molar-refractivity contribution in [3.05, 3.63) is 67.3 Å². The Hall–Kier alpha value is -2.18. The van der Waals surface area contributed by atoms with Crippen molar-refractivity contribution >= 4 is 16.0 Å². The molecule has 0 aliphatic rings. The van der Waals surface area contributed by atoms with E-state index in [9.17, 15) is 18.3 Å². The van der Waals surface area contributed by atoms with Crippen LogP contribution in [-0.4, -0.2) is 36.4 Å². The minimum absolute atomic E-state index is 0.00609. The number of carbonyl (C=O) groups is 1. The van der Waals surface area contributed by atoms with Gasteiger partial charge in [-0.1, -0.05) is 42.0 Å². The van der Waals surface area contributed by atoms with Gasteiger partial charge in [-0.15, -0.1) is 13.2 Å². The van der Waals surface area contributed by atoms with Crippen LogP contribution in [0.2, 0.25) is 0 Å². The lowest BCUT2D eigenvalue weighted by molar-refractivity contribution is -0.142. The SMILES string of the molecule is C=CC[C@@H](C(=O)O)[C@@H](/C=C/C)N(CC=C)S(=O)(=O)c1ccc(C)cc1. The van der Waals surface area contributed by atoms with Crippen LogP contribution < -0.4 is 0 Å². The van der Waals surface area contributed by atoms with Crippen LogP contribution in [0.3, 0.4) is 0 Å². The van der Waals surface area contributed by atoms with Crippen LogP contribution in [-0.2, 0) is 14.8 Å². The zero-order valence-corrected chi connectivity index (χ0v) is 15.4. The number of hydrogen-bond acceptors (Lipinski definition) is 3. The first-order chi connectivity index (χ1) is 11.8. The Bertz CT molecular complexity index is 735. The molecular weight excluding hydrogens is 338 g/mol. The topological polar surface area (TPSA) is 74.7 Å². The Morgan fingerprint density at radius 1 is 1.24 bits per heavy atom. The minimum atomic E-state index is -3.89. The Morgan fingerprint density at radius 3 is 2.28 bits per heavy atom. The summed E-state index contributed by atoms with van der Waals surface area (Å²) in [6.45, 7) is 10.8. The normalized spacial score (nSPS) is 14.4. The molecule has 136 valence electrons. The molecule has 1 aromatic rings. The van der Waals surface area contributed by atoms with Gasteiger partial charge in [0, 0.05) is 6.54 Å². The van der Waals surface area contributed by atoms with E-state index in [0.717, 1.165) is 5.56 Å². The molecule has 2 atom stereocenters. The fourth-order valence-corrected chi connectivity index (χ4v) is 4.14. The number of allylic oxidation sites excluding steroid dienone is 2. The van der Waals surface area contributed by atoms with Gasteiger partial charge in [0.2, 0.25) is 10.0 Å². The Morgan fingerprint density at radius 2 is 1.84 bits per heavy atom. The van der Waals surface area contributed by atoms with E-state index in [4.69, 9.17) is 0 Å². The summed E-state index contributed by atoms with van der Waals surface area (Å²) in [4.78, 5) is 11.8. The average Bonchev–Trinajstić information content (AvgIpc) is 2.56. The van der Waals surface area contributed by atoms with Crippen LogP contribution in [0.5, 0.6) is 0 Å². The van der Waals surface area contributed by atoms with Gasteiger partial charge in [0.15, 0.2) is 0 Å². The van der Waals surface area contributed by atoms with Crippen molar-refractivity contribution in [1.29, 1.82) is 0 Å². The smallest absolute Gasteiger partial charge is 0.308 e. The van der Waals surface area contributed by atoms with Crippen LogP contribution in [0.4, 0.5) is 0 Å². The van der Waals surface area contributed by atoms with Gasteiger partial charge in [-0.25, -0.2) is 8.42 Å². The molecule has 0 amide bonds. The Balaban J connectivity index is 3.46. The predicted molar refractivity (Wildman–Crippen MR) is 99.8 cm³/mol. The molecule has 0 aliphatic heterocycles. The molecule has 0 saturated heterocycles. The maximum Gasteiger partial charge on any atom is 0.308 e. The van der Waals surface area contributed by atoms with E-state index in [1.807, 2.05) is 6.92 Å². The number of sulfonamides is 1. The summed E-state index contributed by atoms with van der Waals surface area (Å²) in [7, 11) is -3.89. The van der Waals surface area contributed by atoms with Crippen LogP contribution in [0, 0.1) is 12.8 Å². The number of carboxylic acids is 1. The fraction of sp³-hybridized carbons (Fsp3) is 0.316. The van der Waals surface area contributed by atoms with E-state index >= 15 is 0 Å². The maximum atomic E-state index is 13.1. The lowest BCUT2D eigenvalue weighted by atomic mass is 9.95. The number of aliphatic carboxylic acids is 1. The van der Waals surface area contributed by atoms with E-state index in [-0.39, 0.29) is 17.9 Å². The van der Waals surface area contributed by atoms with Crippen LogP contribution in [0.1, 0.15) is 18.9 Å². The third-order valence-electron chi connectivity index (χ3n) is 3.81. The molecule has 1 aromatic carbocycles. The van der Waals surface area contributed by atoms with Gasteiger partial charge in [0.05, 0.1) is 16.9 Å². The van der Waals surface area contributed by atoms with Crippen molar-refractivity contribution in [3.8, 4) is 0 Å². The second-order valence-corrected chi connectivity index (χ2v) is 7.55. The lowest BCUT2D eigenvalue weighted by Crippen LogP contribution is -2.45. The van der Waals surface area contributed by atoms with Gasteiger partial charge >= 0.3 is 5.97 Å². The second kappa shape index (κ2) is 9.34. The second-order valence-electron chi connectivity index (χ2n) is 5.66. The summed E-state index contributed by atoms with van der Waals surface area (Å²) in [5, 5.41) is 9.56. The van der Waals surface area contributed by atoms with Crippen LogP contribution in [0.25, 0.3) is 0 Å². The first kappa shape index (κ1) is 20.9. The van der Waals surface area contributed by atoms with Gasteiger partial charge in [0.1, 0.15) is 0 Å². The quantitative estimate of drug-likeness (QED) is 0.647. The highest BCUT2D eigenvalue weighted by atomic mass is 32.2. The van der Waals surface area contributed by atoms with Crippen molar-refractivity contribution in [3.63, 3.8) is 0 Å². The molecule has 25 heavy (non-hydrogen) atoms. The average molecular weight is 363 g/mol. The first-order valence-corrected chi connectivity index (χ1v) is 9.39. The van der Waals surface area contributed by atoms with E-state index in [0.29, 0.717) is 0 Å². The predicted octanol–water partition coefficient (Wildman–Crippen LogP) is 3.39. The largest absolute Gasteiger partial charge is 0.481 e. The van der Waals surface area contributed by atoms with Crippen molar-refractivity contribution in [1.82, 2.24) is 4.31 Å². The van der Waals surface area contributed by atoms with E-state index in [1.54, 1.807) is 31.2 Å². The molecule has 0 saturated carbocycles. The van der Waals surface area contributed by atoms with E-state index in [2.05, 4.69) is 13.2 Å². The molecule has 5 nitrogen and oxygen atoms in total. The van der Waals surface area contributed by atoms with Gasteiger partial charge in [-0.05, 0) is 32.4 Å². The zero-order valence-electron chi connectivity index (χ0n) is 14.6. The lowest BCUT2D eigenvalue weighted by Gasteiger charge is -2.31. The van der Waals surface area contributed by atoms with Gasteiger partial charge in [0.25, 0.3) is 0 Å². The summed E-state index contributed by atoms with van der Waals surface area (Å²) < 4.78 is 27.4. The highest BCUT2D eigenvalue weighted by Crippen LogP contribution is 2.25. The van der Waals surface area contributed by atoms with Crippen molar-refractivity contribution in [2.75, 3.05) is 6.54 Å². The van der Waals surface area contributed by atoms with Crippen molar-refractivity contribution in [2.45, 2.75) is 31.2 Å². The standard InChI is InChI=1S/C19H25NO4S/c1-5-8-17(19(21)22)18(9-6-2)20(14-7-3)25(23,24)16-12-10-15(4)11-13-16/h5-7,9-13,17-18H,1,3,8,14H2,2,4H3,(H,21,22)/b9-6+/t17-,18-/m1/s1. The van der Waals surface area contributed by atoms with E-state index in [1.165, 1.54) is 28.6 Å². The number of benzene rings is 1. The van der Waals surface area contributed by atoms with E-state index < -0.39 is 28.0 Å². The highest BCUT2D eigenvalue weighted by Gasteiger charge is 2.36. The molecule has 0 bridgehead atoms. The molecule has 1 N–H and O–H groups in total. The summed E-state index contributed by atoms with van der Waals surface area (Å²) in [5.74, 6) is -2.01. The van der Waals surface area contributed by atoms with Gasteiger partial charge < -0.3 is 5.11 Å². The zero-order chi connectivity index (χ0) is 19.0. The van der Waals surface area contributed by atoms with Crippen molar-refractivity contribution in [2.24, 2.45) is 5.92 Å². The highest BCUT2D eigenvalue weighted by molar-refractivity contribution is 7.89. The van der Waals surface area contributed by atoms with Gasteiger partial charge in [-0.3, -0.25) is 4.79 Å². The summed E-state index contributed by atoms with van der Waals surface area (Å²) >= 11 is 0. The molecule has 0 radical (unpaired) electrons. The van der Waals surface area contributed by atoms with Crippen molar-refractivity contribution < 1.29 is 18.3 Å². The molecular formula is C19H25NO4S. The summed E-state index contributed by atoms with van der Waals surface area (Å²) in [6.07, 6.45) is 6.35. The monoisotopic (exact) mass is 363 g/mol. The molecule has 1 rings (SSSR count). The Labute approximate surface area is 150 Å². The summed E-state index contributed by atoms with van der Waals surface area (Å²) in [6, 6.07) is 5.63. The molecule has 0 heterocycles. The molecule has 0 aromatic heterocycles. The Kier molecular flexibility index (Phi) is 7.80. The number of rotatable bonds is 10. The molecule has 0 unspecified atom stereocenters. The van der Waals surface area contributed by atoms with Crippen LogP contribution >= 0.6 is 0 Å². The minimum Gasteiger partial charge on any atom is -0.481 e. The third-order valence-corrected chi connectivity index (χ3v) is 5.69. The molecule has 6 heteroatoms. The number of carboxylic acid groups (broad SMARTS) is 1. The van der Waals surface area contributed by atoms with Crippen LogP contribution in [0.15, 0.2) is 66.6 Å². The number of aryl methyl sites for hydroxylation is 1. The maximum absolute atomic E-state index is 13.1. The molecule has 0 spiro atoms. The number of hydrogen-bond donors (Lipinski definition) is 1.